The second-order valence-electron chi connectivity index (χ2n) is 10.1. The molecule has 1 fully saturated rings. The molecule has 0 aliphatic carbocycles. The Morgan fingerprint density at radius 2 is 1.82 bits per heavy atom. The number of halogens is 1. The number of carbonyl (C=O) groups excluding carboxylic acids is 1. The number of para-hydroxylation sites is 1. The topological polar surface area (TPSA) is 126 Å². The van der Waals surface area contributed by atoms with E-state index in [-0.39, 0.29) is 35.9 Å². The van der Waals surface area contributed by atoms with Gasteiger partial charge in [0.25, 0.3) is 0 Å². The van der Waals surface area contributed by atoms with Crippen molar-refractivity contribution >= 4 is 21.9 Å². The van der Waals surface area contributed by atoms with Crippen LogP contribution >= 0.6 is 0 Å². The second kappa shape index (κ2) is 10.9. The van der Waals surface area contributed by atoms with Gasteiger partial charge in [-0.15, -0.1) is 5.10 Å². The molecule has 3 aromatic rings. The first-order chi connectivity index (χ1) is 18.6. The maximum Gasteiger partial charge on any atom is 0.335 e. The summed E-state index contributed by atoms with van der Waals surface area (Å²) in [7, 11) is -3.20. The predicted molar refractivity (Wildman–Crippen MR) is 141 cm³/mol. The lowest BCUT2D eigenvalue weighted by molar-refractivity contribution is -0.132. The molecule has 2 aliphatic heterocycles. The lowest BCUT2D eigenvalue weighted by atomic mass is 9.93. The highest BCUT2D eigenvalue weighted by Crippen LogP contribution is 2.29. The Morgan fingerprint density at radius 3 is 2.54 bits per heavy atom. The van der Waals surface area contributed by atoms with Gasteiger partial charge in [-0.1, -0.05) is 23.4 Å². The van der Waals surface area contributed by atoms with Gasteiger partial charge in [-0.05, 0) is 55.0 Å². The molecule has 1 aromatic heterocycles. The number of benzene rings is 2. The molecule has 0 bridgehead atoms. The minimum atomic E-state index is -3.20. The first-order valence-corrected chi connectivity index (χ1v) is 14.7. The molecule has 5 rings (SSSR count). The van der Waals surface area contributed by atoms with Crippen molar-refractivity contribution in [3.05, 3.63) is 76.4 Å². The zero-order valence-electron chi connectivity index (χ0n) is 21.6. The van der Waals surface area contributed by atoms with Crippen molar-refractivity contribution in [3.8, 4) is 5.69 Å². The molecule has 0 atom stereocenters. The van der Waals surface area contributed by atoms with Crippen LogP contribution in [0.25, 0.3) is 5.69 Å². The van der Waals surface area contributed by atoms with Crippen molar-refractivity contribution in [3.63, 3.8) is 0 Å². The molecule has 2 aliphatic rings. The number of sulfonamides is 1. The lowest BCUT2D eigenvalue weighted by Gasteiger charge is -2.30. The molecule has 1 saturated heterocycles. The van der Waals surface area contributed by atoms with E-state index < -0.39 is 21.8 Å². The fraction of sp³-hybridized carbons (Fsp3) is 0.407. The monoisotopic (exact) mass is 555 g/mol. The number of carbonyl (C=O) groups is 2. The van der Waals surface area contributed by atoms with Gasteiger partial charge in [0.2, 0.25) is 15.9 Å². The van der Waals surface area contributed by atoms with Crippen molar-refractivity contribution in [2.75, 3.05) is 25.9 Å². The fourth-order valence-corrected chi connectivity index (χ4v) is 6.34. The van der Waals surface area contributed by atoms with E-state index in [1.54, 1.807) is 9.58 Å². The minimum absolute atomic E-state index is 0.0490. The molecule has 1 N–H and O–H groups in total. The number of carboxylic acid groups (broad SMARTS) is 1. The highest BCUT2D eigenvalue weighted by Gasteiger charge is 2.29. The van der Waals surface area contributed by atoms with E-state index in [2.05, 4.69) is 10.3 Å². The Hall–Kier alpha value is -3.64. The minimum Gasteiger partial charge on any atom is -0.478 e. The quantitative estimate of drug-likeness (QED) is 0.475. The molecule has 206 valence electrons. The van der Waals surface area contributed by atoms with Gasteiger partial charge in [0, 0.05) is 44.1 Å². The number of nitrogens with zero attached hydrogens (tertiary/aromatic N) is 5. The molecule has 12 heteroatoms. The molecule has 10 nitrogen and oxygen atoms in total. The molecular formula is C27H30FN5O5S. The van der Waals surface area contributed by atoms with Gasteiger partial charge in [-0.3, -0.25) is 4.79 Å². The standard InChI is InChI=1S/C27H30FN5O5S/c1-39(37,38)32-14-10-18(11-15-32)24-17-33(30-29-24)25-5-3-2-4-19(25)6-9-26(34)31-13-12-20-21(27(35)36)7-8-23(28)22(20)16-31/h2-5,7-8,17-18H,6,9-16H2,1H3,(H,35,36). The Bertz CT molecular complexity index is 1510. The highest BCUT2D eigenvalue weighted by molar-refractivity contribution is 7.88. The van der Waals surface area contributed by atoms with Crippen molar-refractivity contribution < 1.29 is 27.5 Å². The van der Waals surface area contributed by atoms with Crippen LogP contribution < -0.4 is 0 Å². The van der Waals surface area contributed by atoms with Crippen LogP contribution in [0, 0.1) is 5.82 Å². The van der Waals surface area contributed by atoms with Gasteiger partial charge in [-0.2, -0.15) is 0 Å². The number of rotatable bonds is 7. The summed E-state index contributed by atoms with van der Waals surface area (Å²) in [5.41, 5.74) is 3.34. The number of aromatic carboxylic acids is 1. The second-order valence-corrected chi connectivity index (χ2v) is 12.1. The number of carboxylic acids is 1. The van der Waals surface area contributed by atoms with E-state index in [0.717, 1.165) is 23.0 Å². The lowest BCUT2D eigenvalue weighted by Crippen LogP contribution is -2.37. The summed E-state index contributed by atoms with van der Waals surface area (Å²) in [4.78, 5) is 26.2. The van der Waals surface area contributed by atoms with Crippen molar-refractivity contribution in [1.82, 2.24) is 24.2 Å². The molecule has 0 radical (unpaired) electrons. The summed E-state index contributed by atoms with van der Waals surface area (Å²) in [6.45, 7) is 1.30. The summed E-state index contributed by atoms with van der Waals surface area (Å²) in [5.74, 6) is -1.61. The first-order valence-electron chi connectivity index (χ1n) is 12.9. The molecule has 0 saturated carbocycles. The van der Waals surface area contributed by atoms with E-state index in [1.165, 1.54) is 16.6 Å². The van der Waals surface area contributed by atoms with Crippen LogP contribution in [0.15, 0.2) is 42.6 Å². The molecule has 39 heavy (non-hydrogen) atoms. The van der Waals surface area contributed by atoms with Gasteiger partial charge in [0.05, 0.1) is 29.4 Å². The highest BCUT2D eigenvalue weighted by atomic mass is 32.2. The number of amides is 1. The molecule has 0 unspecified atom stereocenters. The van der Waals surface area contributed by atoms with E-state index in [1.807, 2.05) is 30.5 Å². The van der Waals surface area contributed by atoms with E-state index >= 15 is 0 Å². The van der Waals surface area contributed by atoms with Crippen LogP contribution in [0.1, 0.15) is 57.9 Å². The summed E-state index contributed by atoms with van der Waals surface area (Å²) in [6.07, 6.45) is 5.39. The molecule has 3 heterocycles. The molecular weight excluding hydrogens is 525 g/mol. The number of aryl methyl sites for hydroxylation is 1. The van der Waals surface area contributed by atoms with Crippen molar-refractivity contribution in [1.29, 1.82) is 0 Å². The van der Waals surface area contributed by atoms with Crippen molar-refractivity contribution in [2.24, 2.45) is 0 Å². The van der Waals surface area contributed by atoms with Crippen LogP contribution in [0.2, 0.25) is 0 Å². The third kappa shape index (κ3) is 5.71. The van der Waals surface area contributed by atoms with Gasteiger partial charge in [0.15, 0.2) is 0 Å². The summed E-state index contributed by atoms with van der Waals surface area (Å²) < 4.78 is 41.3. The predicted octanol–water partition coefficient (Wildman–Crippen LogP) is 2.76. The van der Waals surface area contributed by atoms with Crippen LogP contribution in [-0.2, 0) is 34.2 Å². The smallest absolute Gasteiger partial charge is 0.335 e. The summed E-state index contributed by atoms with van der Waals surface area (Å²) in [6, 6.07) is 10.0. The van der Waals surface area contributed by atoms with E-state index in [4.69, 9.17) is 0 Å². The fourth-order valence-electron chi connectivity index (χ4n) is 5.46. The first kappa shape index (κ1) is 26.9. The average Bonchev–Trinajstić information content (AvgIpc) is 3.41. The van der Waals surface area contributed by atoms with E-state index in [9.17, 15) is 27.5 Å². The normalized spacial score (nSPS) is 16.7. The van der Waals surface area contributed by atoms with Gasteiger partial charge in [-0.25, -0.2) is 26.6 Å². The molecule has 1 amide bonds. The summed E-state index contributed by atoms with van der Waals surface area (Å²) in [5, 5.41) is 18.1. The van der Waals surface area contributed by atoms with Gasteiger partial charge in [0.1, 0.15) is 5.82 Å². The average molecular weight is 556 g/mol. The van der Waals surface area contributed by atoms with Crippen LogP contribution in [0.3, 0.4) is 0 Å². The Morgan fingerprint density at radius 1 is 1.08 bits per heavy atom. The third-order valence-corrected chi connectivity index (χ3v) is 8.94. The summed E-state index contributed by atoms with van der Waals surface area (Å²) >= 11 is 0. The maximum absolute atomic E-state index is 14.5. The Balaban J connectivity index is 1.25. The number of aromatic nitrogens is 3. The van der Waals surface area contributed by atoms with Crippen LogP contribution in [-0.4, -0.2) is 75.5 Å². The maximum atomic E-state index is 14.5. The Labute approximate surface area is 226 Å². The number of hydrogen-bond donors (Lipinski definition) is 1. The van der Waals surface area contributed by atoms with Crippen LogP contribution in [0.4, 0.5) is 4.39 Å². The third-order valence-electron chi connectivity index (χ3n) is 7.64. The van der Waals surface area contributed by atoms with Crippen molar-refractivity contribution in [2.45, 2.75) is 44.6 Å². The zero-order valence-corrected chi connectivity index (χ0v) is 22.4. The number of hydrogen-bond acceptors (Lipinski definition) is 6. The number of fused-ring (bicyclic) bond motifs is 1. The van der Waals surface area contributed by atoms with Gasteiger partial charge < -0.3 is 10.0 Å². The molecule has 0 spiro atoms. The largest absolute Gasteiger partial charge is 0.478 e. The molecule has 2 aromatic carbocycles. The number of piperidine rings is 1. The van der Waals surface area contributed by atoms with Gasteiger partial charge >= 0.3 is 5.97 Å². The van der Waals surface area contributed by atoms with E-state index in [0.29, 0.717) is 50.9 Å². The zero-order chi connectivity index (χ0) is 27.7. The van der Waals surface area contributed by atoms with Crippen LogP contribution in [0.5, 0.6) is 0 Å². The Kier molecular flexibility index (Phi) is 7.50. The SMILES string of the molecule is CS(=O)(=O)N1CCC(c2cn(-c3ccccc3CCC(=O)N3CCc4c(C(=O)O)ccc(F)c4C3)nn2)CC1.